The molecule has 44 heavy (non-hydrogen) atoms. The third-order valence-electron chi connectivity index (χ3n) is 6.83. The fourth-order valence-corrected chi connectivity index (χ4v) is 8.09. The van der Waals surface area contributed by atoms with Gasteiger partial charge in [-0.15, -0.1) is 0 Å². The number of benzene rings is 2. The molecule has 0 fully saturated rings. The number of hydrogen-bond donors (Lipinski definition) is 0. The van der Waals surface area contributed by atoms with Crippen molar-refractivity contribution in [3.8, 4) is 22.5 Å². The third kappa shape index (κ3) is 5.31. The summed E-state index contributed by atoms with van der Waals surface area (Å²) < 4.78 is 10.8. The summed E-state index contributed by atoms with van der Waals surface area (Å²) in [7, 11) is 0. The molecule has 0 aliphatic carbocycles. The van der Waals surface area contributed by atoms with Gasteiger partial charge < -0.3 is 9.05 Å². The number of nitrogens with zero attached hydrogens (tertiary/aromatic N) is 6. The normalized spacial score (nSPS) is 17.6. The highest BCUT2D eigenvalue weighted by Crippen LogP contribution is 2.42. The van der Waals surface area contributed by atoms with E-state index in [1.807, 2.05) is 13.8 Å². The number of carbonyl (C=O) groups is 2. The maximum Gasteiger partial charge on any atom is 0.232 e. The van der Waals surface area contributed by atoms with Gasteiger partial charge in [0.05, 0.1) is 31.2 Å². The van der Waals surface area contributed by atoms with E-state index in [0.29, 0.717) is 53.1 Å². The van der Waals surface area contributed by atoms with Gasteiger partial charge in [0, 0.05) is 11.1 Å². The zero-order valence-corrected chi connectivity index (χ0v) is 27.9. The van der Waals surface area contributed by atoms with Gasteiger partial charge in [-0.25, -0.2) is 20.0 Å². The van der Waals surface area contributed by atoms with Crippen LogP contribution in [0.1, 0.15) is 46.1 Å². The molecule has 0 spiro atoms. The number of hydrazine groups is 1. The molecule has 2 aromatic heterocycles. The molecule has 0 bridgehead atoms. The Morgan fingerprint density at radius 3 is 1.36 bits per heavy atom. The average Bonchev–Trinajstić information content (AvgIpc) is 3.69. The molecule has 2 aliphatic heterocycles. The van der Waals surface area contributed by atoms with Crippen LogP contribution in [0.4, 0.5) is 0 Å². The molecule has 0 saturated heterocycles. The summed E-state index contributed by atoms with van der Waals surface area (Å²) in [6.45, 7) is 6.95. The lowest BCUT2D eigenvalue weighted by molar-refractivity contribution is 0.107. The van der Waals surface area contributed by atoms with Gasteiger partial charge in [-0.2, -0.15) is 0 Å². The average molecular weight is 710 g/mol. The van der Waals surface area contributed by atoms with Crippen molar-refractivity contribution in [2.24, 2.45) is 9.98 Å². The van der Waals surface area contributed by atoms with Crippen molar-refractivity contribution in [1.29, 1.82) is 0 Å². The first kappa shape index (κ1) is 31.0. The first-order chi connectivity index (χ1) is 21.0. The Morgan fingerprint density at radius 1 is 0.682 bits per heavy atom. The summed E-state index contributed by atoms with van der Waals surface area (Å²) in [6, 6.07) is 10.0. The number of fused-ring (bicyclic) bond motifs is 1. The number of hydrogen-bond acceptors (Lipinski definition) is 12. The molecule has 6 rings (SSSR count). The van der Waals surface area contributed by atoms with Gasteiger partial charge in [0.1, 0.15) is 35.2 Å². The summed E-state index contributed by atoms with van der Waals surface area (Å²) in [6.07, 6.45) is -0.923. The van der Waals surface area contributed by atoms with Crippen molar-refractivity contribution < 1.29 is 18.6 Å². The summed E-state index contributed by atoms with van der Waals surface area (Å²) in [5.41, 5.74) is 1.73. The van der Waals surface area contributed by atoms with Crippen LogP contribution in [0.5, 0.6) is 0 Å². The molecule has 0 N–H and O–H groups in total. The van der Waals surface area contributed by atoms with Crippen molar-refractivity contribution >= 4 is 90.5 Å². The lowest BCUT2D eigenvalue weighted by Gasteiger charge is -2.28. The maximum absolute atomic E-state index is 13.7. The second-order valence-corrected chi connectivity index (χ2v) is 13.2. The number of aryl methyl sites for hydroxylation is 2. The third-order valence-corrected chi connectivity index (χ3v) is 9.82. The van der Waals surface area contributed by atoms with Crippen molar-refractivity contribution in [3.63, 3.8) is 0 Å². The van der Waals surface area contributed by atoms with E-state index in [1.54, 1.807) is 60.3 Å². The first-order valence-corrected chi connectivity index (χ1v) is 16.1. The molecular formula is C28H20Cl4N6O4S2. The Labute approximate surface area is 279 Å². The van der Waals surface area contributed by atoms with E-state index in [0.717, 1.165) is 23.5 Å². The number of thioether (sulfide) groups is 2. The largest absolute Gasteiger partial charge is 0.360 e. The molecule has 0 unspecified atom stereocenters. The predicted octanol–water partition coefficient (Wildman–Crippen LogP) is 8.62. The molecule has 2 aliphatic rings. The molecule has 0 amide bonds. The van der Waals surface area contributed by atoms with Gasteiger partial charge in [0.2, 0.25) is 10.2 Å². The summed E-state index contributed by atoms with van der Waals surface area (Å²) in [4.78, 5) is 36.8. The van der Waals surface area contributed by atoms with Crippen LogP contribution < -0.4 is 0 Å². The predicted molar refractivity (Wildman–Crippen MR) is 175 cm³/mol. The van der Waals surface area contributed by atoms with Crippen LogP contribution in [0, 0.1) is 13.8 Å². The number of carbonyl (C=O) groups excluding carboxylic acids is 2. The molecule has 226 valence electrons. The highest BCUT2D eigenvalue weighted by atomic mass is 35.5. The monoisotopic (exact) mass is 708 g/mol. The molecular weight excluding hydrogens is 690 g/mol. The fraction of sp³-hybridized carbons (Fsp3) is 0.214. The van der Waals surface area contributed by atoms with Crippen LogP contribution in [0.2, 0.25) is 20.1 Å². The van der Waals surface area contributed by atoms with Gasteiger partial charge in [-0.3, -0.25) is 9.59 Å². The zero-order valence-electron chi connectivity index (χ0n) is 23.3. The fourth-order valence-electron chi connectivity index (χ4n) is 4.84. The Balaban J connectivity index is 1.24. The van der Waals surface area contributed by atoms with Gasteiger partial charge in [-0.1, -0.05) is 68.8 Å². The van der Waals surface area contributed by atoms with Crippen molar-refractivity contribution in [2.45, 2.75) is 40.0 Å². The van der Waals surface area contributed by atoms with E-state index in [9.17, 15) is 9.59 Å². The number of rotatable bonds is 4. The van der Waals surface area contributed by atoms with Crippen molar-refractivity contribution in [2.75, 3.05) is 0 Å². The number of aliphatic imine (C=N–C) groups is 2. The van der Waals surface area contributed by atoms with E-state index in [4.69, 9.17) is 65.4 Å². The zero-order chi connectivity index (χ0) is 31.4. The lowest BCUT2D eigenvalue weighted by atomic mass is 10.1. The van der Waals surface area contributed by atoms with Gasteiger partial charge >= 0.3 is 0 Å². The highest BCUT2D eigenvalue weighted by molar-refractivity contribution is 8.27. The SMILES string of the molecule is Cc1onc(-c2c(Cl)cccc2Cl)c1C(=O)SC1=N[C@H](C)N2C(SC(=O)c3c(-c4c(Cl)cccc4Cl)noc3C)=N[C@@H](C)N12. The standard InChI is InChI=1S/C28H20Cl4N6O4S2/c1-11-19(23(35-41-11)21-15(29)7-5-8-16(21)30)25(39)43-27-33-13(3)38-28(34-14(4)37(27)38)44-26(40)20-12(2)42-36-24(20)22-17(31)9-6-10-18(22)32/h5-10,13-14H,1-4H3/t13-,14+. The van der Waals surface area contributed by atoms with Crippen LogP contribution in [0.25, 0.3) is 22.5 Å². The summed E-state index contributed by atoms with van der Waals surface area (Å²) >= 11 is 27.4. The topological polar surface area (TPSA) is 117 Å². The Bertz CT molecular complexity index is 1730. The minimum atomic E-state index is -0.462. The molecule has 2 aromatic carbocycles. The number of aromatic nitrogens is 2. The minimum absolute atomic E-state index is 0.227. The van der Waals surface area contributed by atoms with Crippen molar-refractivity contribution in [3.05, 3.63) is 79.1 Å². The molecule has 10 nitrogen and oxygen atoms in total. The van der Waals surface area contributed by atoms with Crippen LogP contribution in [0.15, 0.2) is 55.4 Å². The number of amidine groups is 2. The summed E-state index contributed by atoms with van der Waals surface area (Å²) in [5.74, 6) is 0.617. The molecule has 2 atom stereocenters. The molecule has 4 aromatic rings. The Kier molecular flexibility index (Phi) is 8.50. The van der Waals surface area contributed by atoms with Crippen LogP contribution in [-0.2, 0) is 0 Å². The van der Waals surface area contributed by atoms with E-state index >= 15 is 0 Å². The van der Waals surface area contributed by atoms with E-state index in [2.05, 4.69) is 10.3 Å². The maximum atomic E-state index is 13.7. The smallest absolute Gasteiger partial charge is 0.232 e. The summed E-state index contributed by atoms with van der Waals surface area (Å²) in [5, 5.41) is 13.1. The Hall–Kier alpha value is -3.00. The molecule has 0 radical (unpaired) electrons. The van der Waals surface area contributed by atoms with Crippen molar-refractivity contribution in [1.82, 2.24) is 20.3 Å². The van der Waals surface area contributed by atoms with Crippen LogP contribution >= 0.6 is 69.9 Å². The quantitative estimate of drug-likeness (QED) is 0.204. The molecule has 16 heteroatoms. The molecule has 0 saturated carbocycles. The second-order valence-electron chi connectivity index (χ2n) is 9.67. The van der Waals surface area contributed by atoms with E-state index in [1.165, 1.54) is 0 Å². The van der Waals surface area contributed by atoms with E-state index < -0.39 is 12.3 Å². The van der Waals surface area contributed by atoms with Gasteiger partial charge in [-0.05, 0) is 75.5 Å². The van der Waals surface area contributed by atoms with Gasteiger partial charge in [0.15, 0.2) is 10.3 Å². The number of halogens is 4. The molecule has 4 heterocycles. The first-order valence-electron chi connectivity index (χ1n) is 13.0. The van der Waals surface area contributed by atoms with Crippen LogP contribution in [0.3, 0.4) is 0 Å². The van der Waals surface area contributed by atoms with Gasteiger partial charge in [0.25, 0.3) is 0 Å². The highest BCUT2D eigenvalue weighted by Gasteiger charge is 2.44. The lowest BCUT2D eigenvalue weighted by Crippen LogP contribution is -2.44. The second kappa shape index (κ2) is 12.1. The minimum Gasteiger partial charge on any atom is -0.360 e. The van der Waals surface area contributed by atoms with E-state index in [-0.39, 0.29) is 32.7 Å². The van der Waals surface area contributed by atoms with Crippen LogP contribution in [-0.4, -0.2) is 53.2 Å². The Morgan fingerprint density at radius 2 is 1.02 bits per heavy atom.